The number of anilines is 3. The van der Waals surface area contributed by atoms with E-state index < -0.39 is 6.09 Å². The Morgan fingerprint density at radius 2 is 1.93 bits per heavy atom. The van der Waals surface area contributed by atoms with Crippen LogP contribution in [0.25, 0.3) is 11.5 Å². The average molecular weight is 411 g/mol. The monoisotopic (exact) mass is 411 g/mol. The van der Waals surface area contributed by atoms with E-state index in [2.05, 4.69) is 15.1 Å². The van der Waals surface area contributed by atoms with Gasteiger partial charge in [-0.25, -0.2) is 19.2 Å². The Morgan fingerprint density at radius 1 is 1.23 bits per heavy atom. The summed E-state index contributed by atoms with van der Waals surface area (Å²) in [5.74, 6) is 0.0836. The van der Waals surface area contributed by atoms with Gasteiger partial charge in [0.15, 0.2) is 17.5 Å². The van der Waals surface area contributed by atoms with Crippen molar-refractivity contribution >= 4 is 23.4 Å². The Labute approximate surface area is 172 Å². The number of fused-ring (bicyclic) bond motifs is 1. The number of carbonyl (C=O) groups is 1. The topological polar surface area (TPSA) is 125 Å². The molecule has 4 rings (SSSR count). The van der Waals surface area contributed by atoms with Gasteiger partial charge in [-0.3, -0.25) is 9.58 Å². The molecule has 0 spiro atoms. The SMILES string of the molecule is COC(=O)N(C)c1c(N)nc(-c2nn(Cc3ccccc3F)c3c2CCC3)nc1N. The Morgan fingerprint density at radius 3 is 2.60 bits per heavy atom. The van der Waals surface area contributed by atoms with Crippen LogP contribution in [0.4, 0.5) is 26.5 Å². The van der Waals surface area contributed by atoms with Crippen molar-refractivity contribution in [2.24, 2.45) is 0 Å². The Bertz CT molecular complexity index is 1110. The number of rotatable bonds is 4. The van der Waals surface area contributed by atoms with Crippen LogP contribution >= 0.6 is 0 Å². The number of halogens is 1. The Balaban J connectivity index is 1.75. The van der Waals surface area contributed by atoms with Crippen LogP contribution in [0.1, 0.15) is 23.2 Å². The van der Waals surface area contributed by atoms with E-state index in [1.54, 1.807) is 22.9 Å². The lowest BCUT2D eigenvalue weighted by molar-refractivity contribution is 0.180. The quantitative estimate of drug-likeness (QED) is 0.675. The number of nitrogens with two attached hydrogens (primary N) is 2. The van der Waals surface area contributed by atoms with Crippen LogP contribution in [0.15, 0.2) is 24.3 Å². The van der Waals surface area contributed by atoms with Crippen LogP contribution in [-0.2, 0) is 24.1 Å². The van der Waals surface area contributed by atoms with Crippen molar-refractivity contribution in [3.8, 4) is 11.5 Å². The maximum atomic E-state index is 14.1. The lowest BCUT2D eigenvalue weighted by atomic mass is 10.2. The molecule has 1 aromatic carbocycles. The van der Waals surface area contributed by atoms with Gasteiger partial charge in [-0.15, -0.1) is 0 Å². The summed E-state index contributed by atoms with van der Waals surface area (Å²) in [7, 11) is 2.73. The highest BCUT2D eigenvalue weighted by atomic mass is 19.1. The van der Waals surface area contributed by atoms with Crippen LogP contribution in [-0.4, -0.2) is 40.0 Å². The van der Waals surface area contributed by atoms with Crippen molar-refractivity contribution in [1.29, 1.82) is 0 Å². The molecule has 1 aliphatic carbocycles. The largest absolute Gasteiger partial charge is 0.452 e. The minimum Gasteiger partial charge on any atom is -0.452 e. The second-order valence-electron chi connectivity index (χ2n) is 7.07. The Hall–Kier alpha value is -3.69. The summed E-state index contributed by atoms with van der Waals surface area (Å²) >= 11 is 0. The molecule has 0 atom stereocenters. The first kappa shape index (κ1) is 19.6. The van der Waals surface area contributed by atoms with E-state index in [0.29, 0.717) is 17.8 Å². The summed E-state index contributed by atoms with van der Waals surface area (Å²) in [6.07, 6.45) is 1.98. The van der Waals surface area contributed by atoms with Crippen molar-refractivity contribution in [1.82, 2.24) is 19.7 Å². The molecule has 1 amide bonds. The zero-order valence-electron chi connectivity index (χ0n) is 16.7. The van der Waals surface area contributed by atoms with E-state index in [1.165, 1.54) is 20.2 Å². The number of hydrogen-bond donors (Lipinski definition) is 2. The normalized spacial score (nSPS) is 12.6. The average Bonchev–Trinajstić information content (AvgIpc) is 3.32. The number of hydrogen-bond acceptors (Lipinski definition) is 7. The number of carbonyl (C=O) groups excluding carboxylic acids is 1. The van der Waals surface area contributed by atoms with Crippen LogP contribution in [0.3, 0.4) is 0 Å². The number of amides is 1. The van der Waals surface area contributed by atoms with Crippen molar-refractivity contribution < 1.29 is 13.9 Å². The van der Waals surface area contributed by atoms with Gasteiger partial charge in [0.05, 0.1) is 13.7 Å². The van der Waals surface area contributed by atoms with Crippen LogP contribution in [0, 0.1) is 5.82 Å². The molecule has 3 aromatic rings. The summed E-state index contributed by atoms with van der Waals surface area (Å²) in [4.78, 5) is 21.7. The number of nitrogen functional groups attached to an aromatic ring is 2. The molecule has 0 unspecified atom stereocenters. The lowest BCUT2D eigenvalue weighted by Gasteiger charge is -2.18. The van der Waals surface area contributed by atoms with E-state index in [1.807, 2.05) is 0 Å². The van der Waals surface area contributed by atoms with Crippen LogP contribution in [0.2, 0.25) is 0 Å². The van der Waals surface area contributed by atoms with Gasteiger partial charge in [0.25, 0.3) is 0 Å². The highest BCUT2D eigenvalue weighted by molar-refractivity contribution is 5.94. The van der Waals surface area contributed by atoms with Gasteiger partial charge in [-0.1, -0.05) is 18.2 Å². The van der Waals surface area contributed by atoms with Gasteiger partial charge in [-0.2, -0.15) is 5.10 Å². The molecule has 0 fully saturated rings. The molecule has 0 saturated heterocycles. The van der Waals surface area contributed by atoms with Gasteiger partial charge in [0.2, 0.25) is 0 Å². The molecule has 9 nitrogen and oxygen atoms in total. The fourth-order valence-electron chi connectivity index (χ4n) is 3.78. The van der Waals surface area contributed by atoms with Gasteiger partial charge >= 0.3 is 6.09 Å². The number of ether oxygens (including phenoxy) is 1. The van der Waals surface area contributed by atoms with Crippen molar-refractivity contribution in [3.63, 3.8) is 0 Å². The van der Waals surface area contributed by atoms with Gasteiger partial charge < -0.3 is 16.2 Å². The van der Waals surface area contributed by atoms with Crippen molar-refractivity contribution in [2.45, 2.75) is 25.8 Å². The molecule has 2 heterocycles. The maximum Gasteiger partial charge on any atom is 0.413 e. The molecule has 30 heavy (non-hydrogen) atoms. The first-order valence-corrected chi connectivity index (χ1v) is 9.47. The molecule has 4 N–H and O–H groups in total. The molecule has 0 saturated carbocycles. The standard InChI is InChI=1S/C20H22FN7O2/c1-27(20(29)30-2)16-17(22)24-19(25-18(16)23)15-12-7-5-9-14(12)28(26-15)10-11-6-3-4-8-13(11)21/h3-4,6,8H,5,7,9-10H2,1-2H3,(H4,22,23,24,25). The summed E-state index contributed by atoms with van der Waals surface area (Å²) in [5.41, 5.74) is 15.5. The third kappa shape index (κ3) is 3.30. The highest BCUT2D eigenvalue weighted by Gasteiger charge is 2.27. The maximum absolute atomic E-state index is 14.1. The minimum absolute atomic E-state index is 0.0424. The number of nitrogens with zero attached hydrogens (tertiary/aromatic N) is 5. The number of methoxy groups -OCH3 is 1. The molecule has 156 valence electrons. The summed E-state index contributed by atoms with van der Waals surface area (Å²) in [5, 5.41) is 4.66. The zero-order valence-corrected chi connectivity index (χ0v) is 16.7. The summed E-state index contributed by atoms with van der Waals surface area (Å²) in [6.45, 7) is 0.309. The third-order valence-corrected chi connectivity index (χ3v) is 5.22. The van der Waals surface area contributed by atoms with Gasteiger partial charge in [-0.05, 0) is 25.3 Å². The van der Waals surface area contributed by atoms with Crippen molar-refractivity contribution in [2.75, 3.05) is 30.5 Å². The summed E-state index contributed by atoms with van der Waals surface area (Å²) in [6, 6.07) is 6.62. The lowest BCUT2D eigenvalue weighted by Crippen LogP contribution is -2.28. The second-order valence-corrected chi connectivity index (χ2v) is 7.07. The van der Waals surface area contributed by atoms with E-state index in [4.69, 9.17) is 16.2 Å². The third-order valence-electron chi connectivity index (χ3n) is 5.22. The fraction of sp³-hybridized carbons (Fsp3) is 0.300. The van der Waals surface area contributed by atoms with E-state index in [0.717, 1.165) is 35.4 Å². The molecular weight excluding hydrogens is 389 g/mol. The van der Waals surface area contributed by atoms with E-state index >= 15 is 0 Å². The minimum atomic E-state index is -0.639. The first-order chi connectivity index (χ1) is 14.4. The van der Waals surface area contributed by atoms with Crippen LogP contribution in [0.5, 0.6) is 0 Å². The molecule has 2 aromatic heterocycles. The van der Waals surface area contributed by atoms with Crippen LogP contribution < -0.4 is 16.4 Å². The van der Waals surface area contributed by atoms with E-state index in [-0.39, 0.29) is 29.0 Å². The van der Waals surface area contributed by atoms with E-state index in [9.17, 15) is 9.18 Å². The molecule has 10 heteroatoms. The molecule has 0 bridgehead atoms. The Kier molecular flexibility index (Phi) is 4.98. The summed E-state index contributed by atoms with van der Waals surface area (Å²) < 4.78 is 20.6. The number of aromatic nitrogens is 4. The number of benzene rings is 1. The van der Waals surface area contributed by atoms with Crippen molar-refractivity contribution in [3.05, 3.63) is 46.9 Å². The molecule has 1 aliphatic rings. The highest BCUT2D eigenvalue weighted by Crippen LogP contribution is 2.34. The second kappa shape index (κ2) is 7.62. The predicted octanol–water partition coefficient (Wildman–Crippen LogP) is 2.38. The fourth-order valence-corrected chi connectivity index (χ4v) is 3.78. The van der Waals surface area contributed by atoms with Gasteiger partial charge in [0.1, 0.15) is 17.2 Å². The van der Waals surface area contributed by atoms with Gasteiger partial charge in [0, 0.05) is 23.9 Å². The first-order valence-electron chi connectivity index (χ1n) is 9.47. The molecule has 0 radical (unpaired) electrons. The zero-order chi connectivity index (χ0) is 21.4. The smallest absolute Gasteiger partial charge is 0.413 e. The molecule has 0 aliphatic heterocycles. The predicted molar refractivity (Wildman–Crippen MR) is 110 cm³/mol. The molecular formula is C20H22FN7O2.